The van der Waals surface area contributed by atoms with Gasteiger partial charge in [0, 0.05) is 6.54 Å². The molecule has 3 aromatic carbocycles. The number of fused-ring (bicyclic) bond motifs is 2. The van der Waals surface area contributed by atoms with Crippen LogP contribution in [-0.4, -0.2) is 28.5 Å². The summed E-state index contributed by atoms with van der Waals surface area (Å²) in [6.45, 7) is 4.01. The summed E-state index contributed by atoms with van der Waals surface area (Å²) >= 11 is 0. The largest absolute Gasteiger partial charge is 0.394 e. The van der Waals surface area contributed by atoms with E-state index < -0.39 is 11.6 Å². The topological polar surface area (TPSA) is 52.5 Å². The lowest BCUT2D eigenvalue weighted by molar-refractivity contribution is 0.0405. The van der Waals surface area contributed by atoms with Crippen molar-refractivity contribution in [1.29, 1.82) is 0 Å². The predicted molar refractivity (Wildman–Crippen MR) is 95.5 cm³/mol. The fourth-order valence-electron chi connectivity index (χ4n) is 2.92. The Morgan fingerprint density at radius 1 is 1.00 bits per heavy atom. The van der Waals surface area contributed by atoms with Gasteiger partial charge in [-0.25, -0.2) is 0 Å². The molecule has 1 unspecified atom stereocenters. The summed E-state index contributed by atoms with van der Waals surface area (Å²) in [5.74, 6) is 0. The van der Waals surface area contributed by atoms with Crippen LogP contribution in [0, 0.1) is 0 Å². The molecule has 0 fully saturated rings. The van der Waals surface area contributed by atoms with Gasteiger partial charge in [0.05, 0.1) is 18.2 Å². The molecule has 3 nitrogen and oxygen atoms in total. The number of hydrogen-bond donors (Lipinski definition) is 3. The third-order valence-electron chi connectivity index (χ3n) is 4.80. The molecule has 0 aliphatic carbocycles. The highest BCUT2D eigenvalue weighted by Crippen LogP contribution is 2.29. The first-order valence-corrected chi connectivity index (χ1v) is 7.98. The average Bonchev–Trinajstić information content (AvgIpc) is 2.58. The first kappa shape index (κ1) is 15.9. The van der Waals surface area contributed by atoms with Crippen LogP contribution in [0.5, 0.6) is 0 Å². The molecule has 3 rings (SSSR count). The summed E-state index contributed by atoms with van der Waals surface area (Å²) in [4.78, 5) is 0. The Balaban J connectivity index is 2.10. The van der Waals surface area contributed by atoms with Crippen molar-refractivity contribution in [1.82, 2.24) is 5.32 Å². The molecule has 0 bridgehead atoms. The maximum absolute atomic E-state index is 9.95. The number of benzene rings is 3. The van der Waals surface area contributed by atoms with E-state index in [4.69, 9.17) is 0 Å². The van der Waals surface area contributed by atoms with Gasteiger partial charge >= 0.3 is 0 Å². The molecule has 3 heteroatoms. The van der Waals surface area contributed by atoms with E-state index in [1.165, 1.54) is 27.1 Å². The van der Waals surface area contributed by atoms with Gasteiger partial charge in [-0.2, -0.15) is 0 Å². The summed E-state index contributed by atoms with van der Waals surface area (Å²) in [7, 11) is 0. The molecular weight excluding hydrogens is 286 g/mol. The van der Waals surface area contributed by atoms with E-state index in [0.29, 0.717) is 6.54 Å². The van der Waals surface area contributed by atoms with Gasteiger partial charge in [0.15, 0.2) is 0 Å². The molecule has 0 saturated heterocycles. The molecule has 0 aromatic heterocycles. The molecule has 0 aliphatic heterocycles. The van der Waals surface area contributed by atoms with Crippen LogP contribution in [0.25, 0.3) is 21.5 Å². The van der Waals surface area contributed by atoms with Crippen molar-refractivity contribution in [2.24, 2.45) is 0 Å². The van der Waals surface area contributed by atoms with Gasteiger partial charge in [0.25, 0.3) is 0 Å². The summed E-state index contributed by atoms with van der Waals surface area (Å²) in [5.41, 5.74) is 0.469. The molecular formula is C20H23NO2. The number of aliphatic hydroxyl groups excluding tert-OH is 2. The molecule has 120 valence electrons. The van der Waals surface area contributed by atoms with Gasteiger partial charge in [0.2, 0.25) is 0 Å². The third kappa shape index (κ3) is 2.95. The second-order valence-corrected chi connectivity index (χ2v) is 6.40. The zero-order valence-corrected chi connectivity index (χ0v) is 13.6. The minimum atomic E-state index is -0.724. The second kappa shape index (κ2) is 6.28. The van der Waals surface area contributed by atoms with Gasteiger partial charge in [0.1, 0.15) is 0 Å². The Hall–Kier alpha value is -1.94. The van der Waals surface area contributed by atoms with Crippen LogP contribution >= 0.6 is 0 Å². The zero-order chi connectivity index (χ0) is 16.4. The van der Waals surface area contributed by atoms with E-state index in [1.807, 2.05) is 31.2 Å². The molecule has 3 aromatic rings. The van der Waals surface area contributed by atoms with Crippen molar-refractivity contribution in [3.8, 4) is 0 Å². The lowest BCUT2D eigenvalue weighted by Crippen LogP contribution is -2.53. The monoisotopic (exact) mass is 309 g/mol. The maximum Gasteiger partial charge on any atom is 0.0713 e. The van der Waals surface area contributed by atoms with Crippen molar-refractivity contribution in [3.05, 3.63) is 60.2 Å². The molecule has 0 spiro atoms. The molecule has 0 heterocycles. The molecule has 0 radical (unpaired) electrons. The average molecular weight is 309 g/mol. The highest BCUT2D eigenvalue weighted by molar-refractivity contribution is 6.02. The normalized spacial score (nSPS) is 15.7. The second-order valence-electron chi connectivity index (χ2n) is 6.40. The predicted octanol–water partition coefficient (Wildman–Crippen LogP) is 3.21. The van der Waals surface area contributed by atoms with Crippen molar-refractivity contribution >= 4 is 21.5 Å². The van der Waals surface area contributed by atoms with Crippen LogP contribution in [0.15, 0.2) is 54.6 Å². The number of rotatable bonds is 5. The van der Waals surface area contributed by atoms with Gasteiger partial charge < -0.3 is 15.5 Å². The fraction of sp³-hybridized carbons (Fsp3) is 0.300. The Kier molecular flexibility index (Phi) is 4.35. The number of hydrogen-bond acceptors (Lipinski definition) is 3. The van der Waals surface area contributed by atoms with Gasteiger partial charge in [-0.15, -0.1) is 0 Å². The summed E-state index contributed by atoms with van der Waals surface area (Å²) in [6, 6.07) is 18.9. The van der Waals surface area contributed by atoms with E-state index in [0.717, 1.165) is 0 Å². The van der Waals surface area contributed by atoms with Crippen LogP contribution in [0.3, 0.4) is 0 Å². The van der Waals surface area contributed by atoms with Crippen molar-refractivity contribution in [2.45, 2.75) is 32.0 Å². The Morgan fingerprint density at radius 2 is 1.52 bits per heavy atom. The number of nitrogens with one attached hydrogen (secondary N) is 1. The highest BCUT2D eigenvalue weighted by atomic mass is 16.3. The van der Waals surface area contributed by atoms with Gasteiger partial charge in [-0.05, 0) is 47.0 Å². The molecule has 2 atom stereocenters. The maximum atomic E-state index is 9.95. The van der Waals surface area contributed by atoms with E-state index in [1.54, 1.807) is 6.92 Å². The minimum Gasteiger partial charge on any atom is -0.394 e. The zero-order valence-electron chi connectivity index (χ0n) is 13.6. The summed E-state index contributed by atoms with van der Waals surface area (Å²) < 4.78 is 0. The SMILES string of the molecule is C[C@H](O)C(C)(CO)NCc1c2ccccc2cc2ccccc12. The van der Waals surface area contributed by atoms with Crippen LogP contribution in [-0.2, 0) is 6.54 Å². The van der Waals surface area contributed by atoms with Gasteiger partial charge in [-0.1, -0.05) is 48.5 Å². The van der Waals surface area contributed by atoms with Gasteiger partial charge in [-0.3, -0.25) is 0 Å². The van der Waals surface area contributed by atoms with Crippen LogP contribution in [0.4, 0.5) is 0 Å². The van der Waals surface area contributed by atoms with Crippen molar-refractivity contribution in [2.75, 3.05) is 6.61 Å². The Morgan fingerprint density at radius 3 is 2.00 bits per heavy atom. The minimum absolute atomic E-state index is 0.118. The molecule has 23 heavy (non-hydrogen) atoms. The lowest BCUT2D eigenvalue weighted by atomic mass is 9.93. The Bertz CT molecular complexity index is 774. The number of aliphatic hydroxyl groups is 2. The van der Waals surface area contributed by atoms with E-state index in [2.05, 4.69) is 35.6 Å². The highest BCUT2D eigenvalue weighted by Gasteiger charge is 2.28. The third-order valence-corrected chi connectivity index (χ3v) is 4.80. The quantitative estimate of drug-likeness (QED) is 0.634. The van der Waals surface area contributed by atoms with Crippen molar-refractivity contribution in [3.63, 3.8) is 0 Å². The van der Waals surface area contributed by atoms with E-state index >= 15 is 0 Å². The molecule has 0 saturated carbocycles. The lowest BCUT2D eigenvalue weighted by Gasteiger charge is -2.32. The van der Waals surface area contributed by atoms with Crippen LogP contribution in [0.2, 0.25) is 0 Å². The first-order valence-electron chi connectivity index (χ1n) is 7.98. The van der Waals surface area contributed by atoms with Crippen LogP contribution < -0.4 is 5.32 Å². The fourth-order valence-corrected chi connectivity index (χ4v) is 2.92. The Labute approximate surface area is 136 Å². The molecule has 0 amide bonds. The molecule has 3 N–H and O–H groups in total. The first-order chi connectivity index (χ1) is 11.0. The standard InChI is InChI=1S/C20H23NO2/c1-14(23)20(2,13-22)21-12-19-17-9-5-3-7-15(17)11-16-8-4-6-10-18(16)19/h3-11,14,21-23H,12-13H2,1-2H3/t14-,20?/m0/s1. The van der Waals surface area contributed by atoms with E-state index in [9.17, 15) is 10.2 Å². The summed E-state index contributed by atoms with van der Waals surface area (Å²) in [5, 5.41) is 27.7. The van der Waals surface area contributed by atoms with Crippen LogP contribution in [0.1, 0.15) is 19.4 Å². The van der Waals surface area contributed by atoms with E-state index in [-0.39, 0.29) is 6.61 Å². The molecule has 0 aliphatic rings. The summed E-state index contributed by atoms with van der Waals surface area (Å²) in [6.07, 6.45) is -0.645. The van der Waals surface area contributed by atoms with Crippen molar-refractivity contribution < 1.29 is 10.2 Å². The smallest absolute Gasteiger partial charge is 0.0713 e.